The van der Waals surface area contributed by atoms with Crippen LogP contribution in [0.4, 0.5) is 13.2 Å². The molecule has 0 radical (unpaired) electrons. The molecule has 1 aliphatic rings. The number of hydrogen-bond acceptors (Lipinski definition) is 2. The maximum atomic E-state index is 12.6. The van der Waals surface area contributed by atoms with Gasteiger partial charge >= 0.3 is 12.1 Å². The molecule has 2 atom stereocenters. The highest BCUT2D eigenvalue weighted by molar-refractivity contribution is 9.09. The minimum absolute atomic E-state index is 0.307. The number of cyclic esters (lactones) is 1. The van der Waals surface area contributed by atoms with E-state index in [2.05, 4.69) is 15.9 Å². The Morgan fingerprint density at radius 2 is 1.64 bits per heavy atom. The summed E-state index contributed by atoms with van der Waals surface area (Å²) < 4.78 is 43.2. The fourth-order valence-corrected chi connectivity index (χ4v) is 3.24. The molecule has 114 valence electrons. The number of rotatable bonds is 1. The normalized spacial score (nSPS) is 21.2. The number of halogens is 4. The van der Waals surface area contributed by atoms with E-state index in [1.54, 1.807) is 24.3 Å². The van der Waals surface area contributed by atoms with Crippen LogP contribution in [0.15, 0.2) is 48.5 Å². The predicted octanol–water partition coefficient (Wildman–Crippen LogP) is 5.05. The first-order valence-electron chi connectivity index (χ1n) is 6.49. The molecular formula is C16H10BrF3O2. The minimum atomic E-state index is -4.39. The highest BCUT2D eigenvalue weighted by atomic mass is 79.9. The van der Waals surface area contributed by atoms with Crippen molar-refractivity contribution in [2.24, 2.45) is 0 Å². The third-order valence-electron chi connectivity index (χ3n) is 3.54. The summed E-state index contributed by atoms with van der Waals surface area (Å²) in [5.41, 5.74) is 1.01. The van der Waals surface area contributed by atoms with Crippen molar-refractivity contribution < 1.29 is 22.7 Å². The maximum Gasteiger partial charge on any atom is 0.416 e. The van der Waals surface area contributed by atoms with Gasteiger partial charge in [0, 0.05) is 0 Å². The smallest absolute Gasteiger partial charge is 0.416 e. The first kappa shape index (κ1) is 15.1. The van der Waals surface area contributed by atoms with Gasteiger partial charge in [-0.05, 0) is 29.3 Å². The van der Waals surface area contributed by atoms with Crippen LogP contribution in [-0.2, 0) is 10.9 Å². The van der Waals surface area contributed by atoms with Crippen molar-refractivity contribution in [3.8, 4) is 0 Å². The Morgan fingerprint density at radius 3 is 2.27 bits per heavy atom. The standard InChI is InChI=1S/C16H10BrF3O2/c17-13-11-3-1-2-4-12(11)15(21)22-14(13)9-5-7-10(8-6-9)16(18,19)20/h1-8,13-14H/t13-,14+/m1/s1. The molecule has 0 N–H and O–H groups in total. The van der Waals surface area contributed by atoms with Crippen LogP contribution in [0.2, 0.25) is 0 Å². The summed E-state index contributed by atoms with van der Waals surface area (Å²) in [6.45, 7) is 0. The molecule has 2 aromatic rings. The number of esters is 1. The van der Waals surface area contributed by atoms with Gasteiger partial charge in [-0.1, -0.05) is 46.3 Å². The number of ether oxygens (including phenoxy) is 1. The molecule has 22 heavy (non-hydrogen) atoms. The molecule has 2 aromatic carbocycles. The van der Waals surface area contributed by atoms with Crippen molar-refractivity contribution in [3.05, 3.63) is 70.8 Å². The molecule has 0 spiro atoms. The number of benzene rings is 2. The zero-order valence-electron chi connectivity index (χ0n) is 11.1. The van der Waals surface area contributed by atoms with Gasteiger partial charge in [0.05, 0.1) is 16.0 Å². The van der Waals surface area contributed by atoms with Crippen LogP contribution in [0.3, 0.4) is 0 Å². The Labute approximate surface area is 133 Å². The molecule has 3 rings (SSSR count). The molecule has 6 heteroatoms. The highest BCUT2D eigenvalue weighted by Crippen LogP contribution is 2.44. The average Bonchev–Trinajstić information content (AvgIpc) is 2.50. The van der Waals surface area contributed by atoms with E-state index < -0.39 is 23.8 Å². The Balaban J connectivity index is 1.95. The number of fused-ring (bicyclic) bond motifs is 1. The molecule has 0 bridgehead atoms. The minimum Gasteiger partial charge on any atom is -0.452 e. The summed E-state index contributed by atoms with van der Waals surface area (Å²) in [7, 11) is 0. The SMILES string of the molecule is O=C1O[C@@H](c2ccc(C(F)(F)F)cc2)[C@H](Br)c2ccccc21. The lowest BCUT2D eigenvalue weighted by molar-refractivity contribution is -0.137. The van der Waals surface area contributed by atoms with Gasteiger partial charge in [0.15, 0.2) is 0 Å². The topological polar surface area (TPSA) is 26.3 Å². The fraction of sp³-hybridized carbons (Fsp3) is 0.188. The van der Waals surface area contributed by atoms with Crippen LogP contribution >= 0.6 is 15.9 Å². The second-order valence-electron chi connectivity index (χ2n) is 4.93. The number of carbonyl (C=O) groups excluding carboxylic acids is 1. The lowest BCUT2D eigenvalue weighted by atomic mass is 9.94. The lowest BCUT2D eigenvalue weighted by Gasteiger charge is -2.29. The molecule has 0 saturated carbocycles. The lowest BCUT2D eigenvalue weighted by Crippen LogP contribution is -2.23. The van der Waals surface area contributed by atoms with Gasteiger partial charge in [0.1, 0.15) is 6.10 Å². The Morgan fingerprint density at radius 1 is 1.00 bits per heavy atom. The first-order valence-corrected chi connectivity index (χ1v) is 7.40. The summed E-state index contributed by atoms with van der Waals surface area (Å²) in [6.07, 6.45) is -5.05. The quantitative estimate of drug-likeness (QED) is 0.518. The predicted molar refractivity (Wildman–Crippen MR) is 77.7 cm³/mol. The van der Waals surface area contributed by atoms with Crippen LogP contribution in [0, 0.1) is 0 Å². The van der Waals surface area contributed by atoms with Gasteiger partial charge in [-0.3, -0.25) is 0 Å². The number of alkyl halides is 4. The van der Waals surface area contributed by atoms with Gasteiger partial charge in [0.2, 0.25) is 0 Å². The van der Waals surface area contributed by atoms with Crippen molar-refractivity contribution >= 4 is 21.9 Å². The van der Waals surface area contributed by atoms with Crippen LogP contribution < -0.4 is 0 Å². The van der Waals surface area contributed by atoms with E-state index >= 15 is 0 Å². The summed E-state index contributed by atoms with van der Waals surface area (Å²) >= 11 is 3.48. The Bertz CT molecular complexity index is 710. The van der Waals surface area contributed by atoms with Crippen molar-refractivity contribution in [3.63, 3.8) is 0 Å². The van der Waals surface area contributed by atoms with Gasteiger partial charge in [-0.2, -0.15) is 13.2 Å². The van der Waals surface area contributed by atoms with Gasteiger partial charge in [0.25, 0.3) is 0 Å². The second-order valence-corrected chi connectivity index (χ2v) is 5.92. The molecular weight excluding hydrogens is 361 g/mol. The van der Waals surface area contributed by atoms with E-state index in [9.17, 15) is 18.0 Å². The summed E-state index contributed by atoms with van der Waals surface area (Å²) in [5, 5.41) is 0. The third-order valence-corrected chi connectivity index (χ3v) is 4.52. The highest BCUT2D eigenvalue weighted by Gasteiger charge is 2.36. The molecule has 0 amide bonds. The summed E-state index contributed by atoms with van der Waals surface area (Å²) in [4.78, 5) is 11.7. The van der Waals surface area contributed by atoms with Crippen molar-refractivity contribution in [1.29, 1.82) is 0 Å². The van der Waals surface area contributed by atoms with Crippen LogP contribution in [-0.4, -0.2) is 5.97 Å². The van der Waals surface area contributed by atoms with Crippen LogP contribution in [0.1, 0.15) is 38.0 Å². The van der Waals surface area contributed by atoms with E-state index in [-0.39, 0.29) is 4.83 Å². The Hall–Kier alpha value is -1.82. The van der Waals surface area contributed by atoms with Gasteiger partial charge in [-0.25, -0.2) is 4.79 Å². The van der Waals surface area contributed by atoms with Crippen LogP contribution in [0.25, 0.3) is 0 Å². The molecule has 1 aliphatic heterocycles. The zero-order chi connectivity index (χ0) is 15.9. The molecule has 0 fully saturated rings. The largest absolute Gasteiger partial charge is 0.452 e. The maximum absolute atomic E-state index is 12.6. The van der Waals surface area contributed by atoms with Crippen molar-refractivity contribution in [1.82, 2.24) is 0 Å². The van der Waals surface area contributed by atoms with E-state index in [4.69, 9.17) is 4.74 Å². The van der Waals surface area contributed by atoms with Crippen LogP contribution in [0.5, 0.6) is 0 Å². The van der Waals surface area contributed by atoms with Gasteiger partial charge < -0.3 is 4.74 Å². The van der Waals surface area contributed by atoms with E-state index in [0.29, 0.717) is 11.1 Å². The molecule has 0 aromatic heterocycles. The molecule has 0 unspecified atom stereocenters. The number of hydrogen-bond donors (Lipinski definition) is 0. The molecule has 0 aliphatic carbocycles. The van der Waals surface area contributed by atoms with E-state index in [1.807, 2.05) is 0 Å². The molecule has 0 saturated heterocycles. The monoisotopic (exact) mass is 370 g/mol. The second kappa shape index (κ2) is 5.43. The summed E-state index contributed by atoms with van der Waals surface area (Å²) in [5.74, 6) is -0.476. The number of carbonyl (C=O) groups is 1. The van der Waals surface area contributed by atoms with Crippen molar-refractivity contribution in [2.45, 2.75) is 17.1 Å². The van der Waals surface area contributed by atoms with E-state index in [1.165, 1.54) is 12.1 Å². The summed E-state index contributed by atoms with van der Waals surface area (Å²) in [6, 6.07) is 11.6. The molecule has 1 heterocycles. The zero-order valence-corrected chi connectivity index (χ0v) is 12.7. The first-order chi connectivity index (χ1) is 10.4. The Kier molecular flexibility index (Phi) is 3.72. The molecule has 2 nitrogen and oxygen atoms in total. The van der Waals surface area contributed by atoms with Gasteiger partial charge in [-0.15, -0.1) is 0 Å². The van der Waals surface area contributed by atoms with Crippen molar-refractivity contribution in [2.75, 3.05) is 0 Å². The van der Waals surface area contributed by atoms with E-state index in [0.717, 1.165) is 17.7 Å². The fourth-order valence-electron chi connectivity index (χ4n) is 2.42. The third kappa shape index (κ3) is 2.63. The average molecular weight is 371 g/mol.